The van der Waals surface area contributed by atoms with Gasteiger partial charge < -0.3 is 15.4 Å². The number of carbonyl (C=O) groups excluding carboxylic acids is 1. The number of aliphatic hydroxyl groups is 1. The molecule has 3 N–H and O–H groups in total. The lowest BCUT2D eigenvalue weighted by Crippen LogP contribution is -2.26. The van der Waals surface area contributed by atoms with Crippen molar-refractivity contribution in [3.63, 3.8) is 0 Å². The van der Waals surface area contributed by atoms with E-state index in [0.29, 0.717) is 18.7 Å². The van der Waals surface area contributed by atoms with Gasteiger partial charge in [0.05, 0.1) is 24.9 Å². The van der Waals surface area contributed by atoms with Gasteiger partial charge in [-0.15, -0.1) is 0 Å². The average Bonchev–Trinajstić information content (AvgIpc) is 3.13. The quantitative estimate of drug-likeness (QED) is 0.647. The number of rotatable bonds is 6. The molecule has 0 atom stereocenters. The van der Waals surface area contributed by atoms with E-state index in [-0.39, 0.29) is 12.5 Å². The zero-order chi connectivity index (χ0) is 17.1. The van der Waals surface area contributed by atoms with Gasteiger partial charge in [0.1, 0.15) is 0 Å². The molecule has 0 spiro atoms. The van der Waals surface area contributed by atoms with E-state index in [2.05, 4.69) is 34.5 Å². The molecule has 126 valence electrons. The van der Waals surface area contributed by atoms with Crippen molar-refractivity contribution < 1.29 is 9.90 Å². The Morgan fingerprint density at radius 2 is 2.21 bits per heavy atom. The Morgan fingerprint density at radius 3 is 3.00 bits per heavy atom. The summed E-state index contributed by atoms with van der Waals surface area (Å²) in [5, 5.41) is 17.3. The SMILES string of the molecule is Cc1cccc2[nH]cc(CCNC(=O)c3cnn(CCO)c3C)c12. The van der Waals surface area contributed by atoms with Crippen molar-refractivity contribution in [2.24, 2.45) is 0 Å². The summed E-state index contributed by atoms with van der Waals surface area (Å²) in [7, 11) is 0. The zero-order valence-electron chi connectivity index (χ0n) is 14.0. The third-order valence-corrected chi connectivity index (χ3v) is 4.34. The number of aromatic amines is 1. The van der Waals surface area contributed by atoms with E-state index in [1.165, 1.54) is 16.5 Å². The predicted octanol–water partition coefficient (Wildman–Crippen LogP) is 1.95. The largest absolute Gasteiger partial charge is 0.394 e. The first-order chi connectivity index (χ1) is 11.6. The molecule has 1 aromatic carbocycles. The van der Waals surface area contributed by atoms with Gasteiger partial charge in [-0.1, -0.05) is 12.1 Å². The van der Waals surface area contributed by atoms with Crippen molar-refractivity contribution in [1.82, 2.24) is 20.1 Å². The number of nitrogens with one attached hydrogen (secondary N) is 2. The number of hydrogen-bond acceptors (Lipinski definition) is 3. The van der Waals surface area contributed by atoms with Gasteiger partial charge in [-0.2, -0.15) is 5.10 Å². The second-order valence-electron chi connectivity index (χ2n) is 5.91. The topological polar surface area (TPSA) is 82.9 Å². The number of aromatic nitrogens is 3. The molecule has 3 rings (SSSR count). The molecule has 0 unspecified atom stereocenters. The molecule has 0 fully saturated rings. The Labute approximate surface area is 140 Å². The number of fused-ring (bicyclic) bond motifs is 1. The van der Waals surface area contributed by atoms with Crippen LogP contribution in [0.5, 0.6) is 0 Å². The zero-order valence-corrected chi connectivity index (χ0v) is 14.0. The first-order valence-electron chi connectivity index (χ1n) is 8.09. The molecule has 0 saturated heterocycles. The highest BCUT2D eigenvalue weighted by molar-refractivity contribution is 5.95. The maximum atomic E-state index is 12.3. The molecule has 2 heterocycles. The summed E-state index contributed by atoms with van der Waals surface area (Å²) in [5.41, 5.74) is 4.88. The molecular weight excluding hydrogens is 304 g/mol. The smallest absolute Gasteiger partial charge is 0.254 e. The number of hydrogen-bond donors (Lipinski definition) is 3. The second-order valence-corrected chi connectivity index (χ2v) is 5.91. The van der Waals surface area contributed by atoms with E-state index >= 15 is 0 Å². The van der Waals surface area contributed by atoms with Crippen LogP contribution in [0.25, 0.3) is 10.9 Å². The van der Waals surface area contributed by atoms with Crippen LogP contribution in [0.4, 0.5) is 0 Å². The van der Waals surface area contributed by atoms with Crippen molar-refractivity contribution >= 4 is 16.8 Å². The molecule has 0 aliphatic heterocycles. The minimum Gasteiger partial charge on any atom is -0.394 e. The van der Waals surface area contributed by atoms with E-state index in [1.807, 2.05) is 19.2 Å². The molecule has 0 radical (unpaired) electrons. The van der Waals surface area contributed by atoms with Gasteiger partial charge >= 0.3 is 0 Å². The van der Waals surface area contributed by atoms with Gasteiger partial charge in [0.15, 0.2) is 0 Å². The lowest BCUT2D eigenvalue weighted by atomic mass is 10.1. The summed E-state index contributed by atoms with van der Waals surface area (Å²) in [4.78, 5) is 15.6. The fraction of sp³-hybridized carbons (Fsp3) is 0.333. The van der Waals surface area contributed by atoms with Gasteiger partial charge in [0, 0.05) is 29.3 Å². The molecule has 24 heavy (non-hydrogen) atoms. The lowest BCUT2D eigenvalue weighted by molar-refractivity contribution is 0.0953. The minimum absolute atomic E-state index is 0.00347. The van der Waals surface area contributed by atoms with E-state index in [1.54, 1.807) is 10.9 Å². The van der Waals surface area contributed by atoms with Gasteiger partial charge in [-0.25, -0.2) is 0 Å². The molecule has 0 aliphatic carbocycles. The van der Waals surface area contributed by atoms with Gasteiger partial charge in [-0.3, -0.25) is 9.48 Å². The predicted molar refractivity (Wildman–Crippen MR) is 93.1 cm³/mol. The number of aliphatic hydroxyl groups excluding tert-OH is 1. The fourth-order valence-electron chi connectivity index (χ4n) is 3.04. The Kier molecular flexibility index (Phi) is 4.66. The van der Waals surface area contributed by atoms with Gasteiger partial charge in [0.2, 0.25) is 0 Å². The molecule has 0 bridgehead atoms. The van der Waals surface area contributed by atoms with Crippen molar-refractivity contribution in [2.45, 2.75) is 26.8 Å². The standard InChI is InChI=1S/C18H22N4O2/c1-12-4-3-5-16-17(12)14(10-20-16)6-7-19-18(24)15-11-21-22(8-9-23)13(15)2/h3-5,10-11,20,23H,6-9H2,1-2H3,(H,19,24). The van der Waals surface area contributed by atoms with Crippen LogP contribution in [0.3, 0.4) is 0 Å². The number of benzene rings is 1. The van der Waals surface area contributed by atoms with Crippen molar-refractivity contribution in [2.75, 3.05) is 13.2 Å². The molecule has 0 saturated carbocycles. The summed E-state index contributed by atoms with van der Waals surface area (Å²) in [6, 6.07) is 6.19. The highest BCUT2D eigenvalue weighted by Gasteiger charge is 2.14. The maximum absolute atomic E-state index is 12.3. The van der Waals surface area contributed by atoms with Crippen LogP contribution in [-0.4, -0.2) is 38.9 Å². The second kappa shape index (κ2) is 6.88. The number of aryl methyl sites for hydroxylation is 1. The van der Waals surface area contributed by atoms with Crippen LogP contribution in [0.15, 0.2) is 30.6 Å². The monoisotopic (exact) mass is 326 g/mol. The maximum Gasteiger partial charge on any atom is 0.254 e. The Balaban J connectivity index is 1.64. The summed E-state index contributed by atoms with van der Waals surface area (Å²) >= 11 is 0. The van der Waals surface area contributed by atoms with E-state index in [4.69, 9.17) is 5.11 Å². The van der Waals surface area contributed by atoms with Crippen molar-refractivity contribution in [1.29, 1.82) is 0 Å². The van der Waals surface area contributed by atoms with Crippen LogP contribution in [0, 0.1) is 13.8 Å². The van der Waals surface area contributed by atoms with Crippen LogP contribution in [0.2, 0.25) is 0 Å². The Hall–Kier alpha value is -2.60. The van der Waals surface area contributed by atoms with E-state index in [9.17, 15) is 4.79 Å². The number of amides is 1. The Morgan fingerprint density at radius 1 is 1.38 bits per heavy atom. The fourth-order valence-corrected chi connectivity index (χ4v) is 3.04. The summed E-state index contributed by atoms with van der Waals surface area (Å²) in [5.74, 6) is -0.131. The van der Waals surface area contributed by atoms with Gasteiger partial charge in [-0.05, 0) is 37.5 Å². The molecule has 3 aromatic rings. The van der Waals surface area contributed by atoms with Crippen LogP contribution >= 0.6 is 0 Å². The minimum atomic E-state index is -0.131. The number of H-pyrrole nitrogens is 1. The molecule has 1 amide bonds. The summed E-state index contributed by atoms with van der Waals surface area (Å²) < 4.78 is 1.64. The van der Waals surface area contributed by atoms with Crippen molar-refractivity contribution in [3.8, 4) is 0 Å². The lowest BCUT2D eigenvalue weighted by Gasteiger charge is -2.06. The highest BCUT2D eigenvalue weighted by Crippen LogP contribution is 2.22. The molecule has 6 heteroatoms. The summed E-state index contributed by atoms with van der Waals surface area (Å²) in [6.45, 7) is 4.89. The molecule has 2 aromatic heterocycles. The van der Waals surface area contributed by atoms with Crippen LogP contribution < -0.4 is 5.32 Å². The van der Waals surface area contributed by atoms with E-state index < -0.39 is 0 Å². The average molecular weight is 326 g/mol. The van der Waals surface area contributed by atoms with Crippen LogP contribution in [-0.2, 0) is 13.0 Å². The molecule has 0 aliphatic rings. The Bertz CT molecular complexity index is 863. The molecule has 6 nitrogen and oxygen atoms in total. The third kappa shape index (κ3) is 3.05. The summed E-state index contributed by atoms with van der Waals surface area (Å²) in [6.07, 6.45) is 4.32. The van der Waals surface area contributed by atoms with Gasteiger partial charge in [0.25, 0.3) is 5.91 Å². The van der Waals surface area contributed by atoms with Crippen molar-refractivity contribution in [3.05, 3.63) is 53.0 Å². The molecular formula is C18H22N4O2. The number of nitrogens with zero attached hydrogens (tertiary/aromatic N) is 2. The first kappa shape index (κ1) is 16.3. The third-order valence-electron chi connectivity index (χ3n) is 4.34. The number of carbonyl (C=O) groups is 1. The normalized spacial score (nSPS) is 11.1. The van der Waals surface area contributed by atoms with E-state index in [0.717, 1.165) is 17.6 Å². The first-order valence-corrected chi connectivity index (χ1v) is 8.09. The van der Waals surface area contributed by atoms with Crippen LogP contribution in [0.1, 0.15) is 27.2 Å². The highest BCUT2D eigenvalue weighted by atomic mass is 16.3.